The van der Waals surface area contributed by atoms with Crippen molar-refractivity contribution < 1.29 is 9.53 Å². The molecule has 0 radical (unpaired) electrons. The van der Waals surface area contributed by atoms with E-state index in [-0.39, 0.29) is 12.3 Å². The molecule has 0 aliphatic carbocycles. The zero-order valence-electron chi connectivity index (χ0n) is 17.2. The molecule has 4 nitrogen and oxygen atoms in total. The maximum atomic E-state index is 13.2. The molecule has 4 rings (SSSR count). The van der Waals surface area contributed by atoms with Gasteiger partial charge in [-0.15, -0.1) is 0 Å². The average Bonchev–Trinajstić information content (AvgIpc) is 3.21. The van der Waals surface area contributed by atoms with Crippen molar-refractivity contribution >= 4 is 32.6 Å². The molecule has 4 aromatic rings. The zero-order valence-corrected chi connectivity index (χ0v) is 18.0. The lowest BCUT2D eigenvalue weighted by Crippen LogP contribution is -2.31. The highest BCUT2D eigenvalue weighted by molar-refractivity contribution is 7.22. The third-order valence-corrected chi connectivity index (χ3v) is 6.16. The number of anilines is 1. The molecule has 0 atom stereocenters. The zero-order chi connectivity index (χ0) is 20.9. The molecule has 0 saturated heterocycles. The fraction of sp³-hybridized carbons (Fsp3) is 0.200. The molecule has 1 heterocycles. The first-order chi connectivity index (χ1) is 14.6. The van der Waals surface area contributed by atoms with E-state index in [1.807, 2.05) is 60.7 Å². The summed E-state index contributed by atoms with van der Waals surface area (Å²) in [6, 6.07) is 23.8. The Labute approximate surface area is 180 Å². The Balaban J connectivity index is 1.57. The van der Waals surface area contributed by atoms with Gasteiger partial charge in [0.1, 0.15) is 5.75 Å². The van der Waals surface area contributed by atoms with Crippen molar-refractivity contribution in [2.45, 2.75) is 26.8 Å². The number of nitrogens with zero attached hydrogens (tertiary/aromatic N) is 2. The van der Waals surface area contributed by atoms with Crippen molar-refractivity contribution in [3.05, 3.63) is 89.5 Å². The quantitative estimate of drug-likeness (QED) is 0.376. The summed E-state index contributed by atoms with van der Waals surface area (Å²) in [4.78, 5) is 19.8. The molecule has 0 unspecified atom stereocenters. The minimum atomic E-state index is 0.00298. The Kier molecular flexibility index (Phi) is 6.10. The Morgan fingerprint density at radius 3 is 2.40 bits per heavy atom. The summed E-state index contributed by atoms with van der Waals surface area (Å²) in [5.41, 5.74) is 4.41. The first-order valence-electron chi connectivity index (χ1n) is 10.0. The minimum Gasteiger partial charge on any atom is -0.493 e. The van der Waals surface area contributed by atoms with E-state index < -0.39 is 0 Å². The van der Waals surface area contributed by atoms with E-state index in [0.29, 0.717) is 13.2 Å². The second-order valence-corrected chi connectivity index (χ2v) is 8.24. The maximum Gasteiger partial charge on any atom is 0.232 e. The predicted octanol–water partition coefficient (Wildman–Crippen LogP) is 5.92. The molecule has 5 heteroatoms. The summed E-state index contributed by atoms with van der Waals surface area (Å²) in [6.07, 6.45) is 0.287. The van der Waals surface area contributed by atoms with Gasteiger partial charge in [-0.25, -0.2) is 4.98 Å². The van der Waals surface area contributed by atoms with Gasteiger partial charge in [-0.2, -0.15) is 0 Å². The van der Waals surface area contributed by atoms with Gasteiger partial charge in [-0.1, -0.05) is 65.9 Å². The Bertz CT molecular complexity index is 1140. The van der Waals surface area contributed by atoms with Crippen molar-refractivity contribution in [2.75, 3.05) is 11.5 Å². The van der Waals surface area contributed by atoms with Crippen molar-refractivity contribution in [1.29, 1.82) is 0 Å². The van der Waals surface area contributed by atoms with Crippen LogP contribution >= 0.6 is 11.3 Å². The molecule has 0 aliphatic heterocycles. The molecule has 152 valence electrons. The summed E-state index contributed by atoms with van der Waals surface area (Å²) in [5.74, 6) is 0.772. The van der Waals surface area contributed by atoms with Crippen molar-refractivity contribution in [2.24, 2.45) is 0 Å². The number of benzene rings is 3. The number of aromatic nitrogens is 1. The molecule has 0 aliphatic rings. The van der Waals surface area contributed by atoms with Crippen LogP contribution in [0.5, 0.6) is 5.75 Å². The minimum absolute atomic E-state index is 0.00298. The van der Waals surface area contributed by atoms with Crippen molar-refractivity contribution in [1.82, 2.24) is 4.98 Å². The van der Waals surface area contributed by atoms with Gasteiger partial charge >= 0.3 is 0 Å². The van der Waals surface area contributed by atoms with Crippen LogP contribution in [-0.4, -0.2) is 17.5 Å². The normalized spacial score (nSPS) is 10.9. The topological polar surface area (TPSA) is 42.4 Å². The Morgan fingerprint density at radius 1 is 0.967 bits per heavy atom. The van der Waals surface area contributed by atoms with Crippen LogP contribution in [0.3, 0.4) is 0 Å². The molecule has 0 spiro atoms. The second-order valence-electron chi connectivity index (χ2n) is 7.23. The lowest BCUT2D eigenvalue weighted by atomic mass is 10.1. The maximum absolute atomic E-state index is 13.2. The smallest absolute Gasteiger partial charge is 0.232 e. The molecule has 3 aromatic carbocycles. The largest absolute Gasteiger partial charge is 0.493 e. The molecule has 1 amide bonds. The van der Waals surface area contributed by atoms with Crippen LogP contribution in [0.25, 0.3) is 10.2 Å². The number of thiazole rings is 1. The monoisotopic (exact) mass is 416 g/mol. The van der Waals surface area contributed by atoms with Gasteiger partial charge in [0.05, 0.1) is 29.8 Å². The van der Waals surface area contributed by atoms with E-state index in [1.165, 1.54) is 5.56 Å². The van der Waals surface area contributed by atoms with Gasteiger partial charge in [0.25, 0.3) is 0 Å². The molecule has 30 heavy (non-hydrogen) atoms. The van der Waals surface area contributed by atoms with Crippen LogP contribution in [0.2, 0.25) is 0 Å². The molecule has 0 fully saturated rings. The van der Waals surface area contributed by atoms with E-state index in [2.05, 4.69) is 26.0 Å². The van der Waals surface area contributed by atoms with Gasteiger partial charge in [-0.05, 0) is 48.7 Å². The fourth-order valence-electron chi connectivity index (χ4n) is 3.27. The Morgan fingerprint density at radius 2 is 1.67 bits per heavy atom. The third-order valence-electron chi connectivity index (χ3n) is 5.12. The highest BCUT2D eigenvalue weighted by Crippen LogP contribution is 2.33. The number of ether oxygens (including phenoxy) is 1. The summed E-state index contributed by atoms with van der Waals surface area (Å²) >= 11 is 1.56. The summed E-state index contributed by atoms with van der Waals surface area (Å²) in [5, 5.41) is 0.729. The predicted molar refractivity (Wildman–Crippen MR) is 123 cm³/mol. The highest BCUT2D eigenvalue weighted by atomic mass is 32.1. The van der Waals surface area contributed by atoms with Gasteiger partial charge in [0.2, 0.25) is 5.91 Å². The van der Waals surface area contributed by atoms with Crippen LogP contribution in [0.15, 0.2) is 72.8 Å². The van der Waals surface area contributed by atoms with E-state index in [1.54, 1.807) is 16.2 Å². The van der Waals surface area contributed by atoms with Crippen LogP contribution in [0.4, 0.5) is 5.13 Å². The SMILES string of the molecule is Cc1ccc2sc(N(Cc3ccccc3)C(=O)CCOc3ccccc3)nc2c1C. The number of rotatable bonds is 7. The van der Waals surface area contributed by atoms with E-state index in [9.17, 15) is 4.79 Å². The summed E-state index contributed by atoms with van der Waals surface area (Å²) in [7, 11) is 0. The number of carbonyl (C=O) groups is 1. The van der Waals surface area contributed by atoms with Gasteiger partial charge < -0.3 is 4.74 Å². The number of hydrogen-bond donors (Lipinski definition) is 0. The highest BCUT2D eigenvalue weighted by Gasteiger charge is 2.21. The van der Waals surface area contributed by atoms with Crippen LogP contribution in [-0.2, 0) is 11.3 Å². The van der Waals surface area contributed by atoms with Crippen LogP contribution < -0.4 is 9.64 Å². The number of para-hydroxylation sites is 1. The lowest BCUT2D eigenvalue weighted by molar-refractivity contribution is -0.119. The third kappa shape index (κ3) is 4.52. The molecule has 1 aromatic heterocycles. The molecule has 0 N–H and O–H groups in total. The number of fused-ring (bicyclic) bond motifs is 1. The first-order valence-corrected chi connectivity index (χ1v) is 10.8. The second kappa shape index (κ2) is 9.09. The number of aryl methyl sites for hydroxylation is 2. The van der Waals surface area contributed by atoms with E-state index >= 15 is 0 Å². The fourth-order valence-corrected chi connectivity index (χ4v) is 4.31. The van der Waals surface area contributed by atoms with Gasteiger partial charge in [-0.3, -0.25) is 9.69 Å². The summed E-state index contributed by atoms with van der Waals surface area (Å²) < 4.78 is 6.84. The van der Waals surface area contributed by atoms with E-state index in [0.717, 1.165) is 32.2 Å². The van der Waals surface area contributed by atoms with Crippen molar-refractivity contribution in [3.8, 4) is 5.75 Å². The lowest BCUT2D eigenvalue weighted by Gasteiger charge is -2.20. The average molecular weight is 417 g/mol. The first kappa shape index (κ1) is 20.1. The van der Waals surface area contributed by atoms with Gasteiger partial charge in [0.15, 0.2) is 5.13 Å². The molecular formula is C25H24N2O2S. The summed E-state index contributed by atoms with van der Waals surface area (Å²) in [6.45, 7) is 4.99. The van der Waals surface area contributed by atoms with E-state index in [4.69, 9.17) is 9.72 Å². The standard InChI is InChI=1S/C25H24N2O2S/c1-18-13-14-22-24(19(18)2)26-25(30-22)27(17-20-9-5-3-6-10-20)23(28)15-16-29-21-11-7-4-8-12-21/h3-14H,15-17H2,1-2H3. The Hall–Kier alpha value is -3.18. The number of carbonyl (C=O) groups excluding carboxylic acids is 1. The number of hydrogen-bond acceptors (Lipinski definition) is 4. The molecular weight excluding hydrogens is 392 g/mol. The van der Waals surface area contributed by atoms with Crippen LogP contribution in [0, 0.1) is 13.8 Å². The molecule has 0 saturated carbocycles. The van der Waals surface area contributed by atoms with Gasteiger partial charge in [0, 0.05) is 0 Å². The van der Waals surface area contributed by atoms with Crippen molar-refractivity contribution in [3.63, 3.8) is 0 Å². The number of amides is 1. The molecule has 0 bridgehead atoms. The van der Waals surface area contributed by atoms with Crippen LogP contribution in [0.1, 0.15) is 23.1 Å².